The lowest BCUT2D eigenvalue weighted by atomic mass is 10.1. The van der Waals surface area contributed by atoms with Gasteiger partial charge in [-0.3, -0.25) is 4.99 Å². The minimum atomic E-state index is -2.96. The van der Waals surface area contributed by atoms with E-state index in [0.717, 1.165) is 49.7 Å². The van der Waals surface area contributed by atoms with Gasteiger partial charge in [-0.15, -0.1) is 24.0 Å². The second-order valence-electron chi connectivity index (χ2n) is 7.74. The van der Waals surface area contributed by atoms with Gasteiger partial charge < -0.3 is 20.3 Å². The number of nitrogens with one attached hydrogen (secondary N) is 2. The predicted octanol–water partition coefficient (Wildman–Crippen LogP) is 1.88. The molecule has 28 heavy (non-hydrogen) atoms. The topological polar surface area (TPSA) is 83.0 Å². The van der Waals surface area contributed by atoms with Crippen LogP contribution in [-0.4, -0.2) is 66.2 Å². The summed E-state index contributed by atoms with van der Waals surface area (Å²) >= 11 is 0. The molecule has 1 atom stereocenters. The molecule has 158 valence electrons. The Hall–Kier alpha value is -1.23. The van der Waals surface area contributed by atoms with Crippen LogP contribution in [0.4, 0.5) is 5.69 Å². The summed E-state index contributed by atoms with van der Waals surface area (Å²) in [5.74, 6) is 1.87. The summed E-state index contributed by atoms with van der Waals surface area (Å²) in [6, 6.07) is 8.34. The number of halogens is 1. The molecule has 2 fully saturated rings. The zero-order chi connectivity index (χ0) is 19.5. The highest BCUT2D eigenvalue weighted by Gasteiger charge is 2.45. The van der Waals surface area contributed by atoms with Gasteiger partial charge in [0.05, 0.1) is 18.6 Å². The van der Waals surface area contributed by atoms with Gasteiger partial charge in [0.1, 0.15) is 15.6 Å². The first-order valence-corrected chi connectivity index (χ1v) is 11.4. The van der Waals surface area contributed by atoms with Gasteiger partial charge in [-0.25, -0.2) is 8.42 Å². The molecule has 2 aliphatic rings. The Morgan fingerprint density at radius 3 is 2.68 bits per heavy atom. The summed E-state index contributed by atoms with van der Waals surface area (Å²) in [6.07, 6.45) is 4.22. The number of rotatable bonds is 7. The molecule has 9 heteroatoms. The van der Waals surface area contributed by atoms with Crippen molar-refractivity contribution in [3.63, 3.8) is 0 Å². The molecule has 1 aliphatic heterocycles. The molecule has 7 nitrogen and oxygen atoms in total. The van der Waals surface area contributed by atoms with Crippen LogP contribution in [0.3, 0.4) is 0 Å². The number of aliphatic imine (C=N–C) groups is 1. The number of anilines is 1. The van der Waals surface area contributed by atoms with Crippen LogP contribution in [0, 0.1) is 5.41 Å². The zero-order valence-corrected chi connectivity index (χ0v) is 19.9. The lowest BCUT2D eigenvalue weighted by Gasteiger charge is -2.23. The lowest BCUT2D eigenvalue weighted by molar-refractivity contribution is 0.415. The Labute approximate surface area is 185 Å². The number of benzene rings is 1. The van der Waals surface area contributed by atoms with Gasteiger partial charge in [-0.1, -0.05) is 12.1 Å². The molecular formula is C19H31IN4O3S. The van der Waals surface area contributed by atoms with Crippen molar-refractivity contribution in [2.45, 2.75) is 25.3 Å². The standard InChI is InChI=1S/C19H30N4O3S.HI/c1-20-18(21-13-19(9-10-19)14-27(3,24)25)22-15-8-11-23(12-15)16-6-4-5-7-17(16)26-2;/h4-7,15H,8-14H2,1-3H3,(H2,20,21,22);1H. The van der Waals surface area contributed by atoms with Crippen molar-refractivity contribution < 1.29 is 13.2 Å². The number of ether oxygens (including phenoxy) is 1. The largest absolute Gasteiger partial charge is 0.495 e. The van der Waals surface area contributed by atoms with E-state index in [-0.39, 0.29) is 41.2 Å². The minimum Gasteiger partial charge on any atom is -0.495 e. The summed E-state index contributed by atoms with van der Waals surface area (Å²) in [4.78, 5) is 6.63. The van der Waals surface area contributed by atoms with Gasteiger partial charge in [0.2, 0.25) is 0 Å². The van der Waals surface area contributed by atoms with Gasteiger partial charge in [-0.2, -0.15) is 0 Å². The van der Waals surface area contributed by atoms with Crippen molar-refractivity contribution in [2.24, 2.45) is 10.4 Å². The highest BCUT2D eigenvalue weighted by atomic mass is 127. The van der Waals surface area contributed by atoms with Crippen LogP contribution in [0.2, 0.25) is 0 Å². The second-order valence-corrected chi connectivity index (χ2v) is 9.88. The maximum Gasteiger partial charge on any atom is 0.191 e. The number of hydrogen-bond acceptors (Lipinski definition) is 5. The van der Waals surface area contributed by atoms with E-state index in [4.69, 9.17) is 4.74 Å². The first kappa shape index (κ1) is 23.1. The number of hydrogen-bond donors (Lipinski definition) is 2. The molecule has 1 unspecified atom stereocenters. The molecule has 3 rings (SSSR count). The van der Waals surface area contributed by atoms with Crippen LogP contribution in [0.25, 0.3) is 0 Å². The highest BCUT2D eigenvalue weighted by Crippen LogP contribution is 2.46. The Bertz CT molecular complexity index is 796. The quantitative estimate of drug-likeness (QED) is 0.324. The van der Waals surface area contributed by atoms with Gasteiger partial charge in [0.25, 0.3) is 0 Å². The molecular weight excluding hydrogens is 491 g/mol. The van der Waals surface area contributed by atoms with Crippen molar-refractivity contribution in [3.05, 3.63) is 24.3 Å². The number of guanidine groups is 1. The van der Waals surface area contributed by atoms with E-state index in [0.29, 0.717) is 6.54 Å². The van der Waals surface area contributed by atoms with Crippen LogP contribution < -0.4 is 20.3 Å². The maximum atomic E-state index is 11.6. The van der Waals surface area contributed by atoms with E-state index in [2.05, 4.69) is 26.6 Å². The SMILES string of the molecule is CN=C(NCC1(CS(C)(=O)=O)CC1)NC1CCN(c2ccccc2OC)C1.I. The fourth-order valence-corrected chi connectivity index (χ4v) is 5.26. The van der Waals surface area contributed by atoms with Crippen molar-refractivity contribution in [1.82, 2.24) is 10.6 Å². The Balaban J connectivity index is 0.00000280. The number of sulfone groups is 1. The fraction of sp³-hybridized carbons (Fsp3) is 0.632. The molecule has 0 amide bonds. The van der Waals surface area contributed by atoms with Crippen molar-refractivity contribution >= 4 is 45.5 Å². The van der Waals surface area contributed by atoms with Crippen LogP contribution >= 0.6 is 24.0 Å². The summed E-state index contributed by atoms with van der Waals surface area (Å²) in [7, 11) is 0.484. The molecule has 1 aromatic rings. The summed E-state index contributed by atoms with van der Waals surface area (Å²) in [5.41, 5.74) is 0.988. The molecule has 1 saturated carbocycles. The normalized spacial score (nSPS) is 21.0. The average molecular weight is 522 g/mol. The molecule has 1 aromatic carbocycles. The van der Waals surface area contributed by atoms with Crippen molar-refractivity contribution in [3.8, 4) is 5.75 Å². The predicted molar refractivity (Wildman–Crippen MR) is 125 cm³/mol. The number of methoxy groups -OCH3 is 1. The van der Waals surface area contributed by atoms with Crippen LogP contribution in [0.1, 0.15) is 19.3 Å². The fourth-order valence-electron chi connectivity index (χ4n) is 3.75. The van der Waals surface area contributed by atoms with E-state index < -0.39 is 9.84 Å². The minimum absolute atomic E-state index is 0. The van der Waals surface area contributed by atoms with E-state index in [9.17, 15) is 8.42 Å². The van der Waals surface area contributed by atoms with Crippen LogP contribution in [-0.2, 0) is 9.84 Å². The lowest BCUT2D eigenvalue weighted by Crippen LogP contribution is -2.46. The molecule has 1 saturated heterocycles. The second kappa shape index (κ2) is 9.51. The third-order valence-corrected chi connectivity index (χ3v) is 6.47. The maximum absolute atomic E-state index is 11.6. The summed E-state index contributed by atoms with van der Waals surface area (Å²) in [5, 5.41) is 6.80. The zero-order valence-electron chi connectivity index (χ0n) is 16.8. The first-order valence-electron chi connectivity index (χ1n) is 9.37. The van der Waals surface area contributed by atoms with Crippen molar-refractivity contribution in [1.29, 1.82) is 0 Å². The molecule has 0 radical (unpaired) electrons. The monoisotopic (exact) mass is 522 g/mol. The number of para-hydroxylation sites is 2. The number of nitrogens with zero attached hydrogens (tertiary/aromatic N) is 2. The Kier molecular flexibility index (Phi) is 7.83. The van der Waals surface area contributed by atoms with Crippen LogP contribution in [0.15, 0.2) is 29.3 Å². The molecule has 0 aromatic heterocycles. The first-order chi connectivity index (χ1) is 12.8. The summed E-state index contributed by atoms with van der Waals surface area (Å²) in [6.45, 7) is 2.46. The van der Waals surface area contributed by atoms with Crippen molar-refractivity contribution in [2.75, 3.05) is 50.7 Å². The van der Waals surface area contributed by atoms with E-state index in [1.807, 2.05) is 18.2 Å². The van der Waals surface area contributed by atoms with Gasteiger partial charge in [0.15, 0.2) is 5.96 Å². The molecule has 0 spiro atoms. The molecule has 2 N–H and O–H groups in total. The Morgan fingerprint density at radius 1 is 1.36 bits per heavy atom. The molecule has 0 bridgehead atoms. The molecule has 1 aliphatic carbocycles. The van der Waals surface area contributed by atoms with Gasteiger partial charge in [-0.05, 0) is 31.4 Å². The van der Waals surface area contributed by atoms with Crippen LogP contribution in [0.5, 0.6) is 5.75 Å². The van der Waals surface area contributed by atoms with Gasteiger partial charge in [0, 0.05) is 44.4 Å². The van der Waals surface area contributed by atoms with E-state index in [1.165, 1.54) is 6.26 Å². The Morgan fingerprint density at radius 2 is 2.07 bits per heavy atom. The smallest absolute Gasteiger partial charge is 0.191 e. The third kappa shape index (κ3) is 6.13. The summed E-state index contributed by atoms with van der Waals surface area (Å²) < 4.78 is 28.7. The van der Waals surface area contributed by atoms with E-state index >= 15 is 0 Å². The average Bonchev–Trinajstić information content (AvgIpc) is 3.22. The molecule has 1 heterocycles. The van der Waals surface area contributed by atoms with Gasteiger partial charge >= 0.3 is 0 Å². The van der Waals surface area contributed by atoms with E-state index in [1.54, 1.807) is 14.2 Å². The third-order valence-electron chi connectivity index (χ3n) is 5.33. The highest BCUT2D eigenvalue weighted by molar-refractivity contribution is 14.0.